The zero-order valence-corrected chi connectivity index (χ0v) is 11.7. The molecular formula is C12H10FIN2O2. The van der Waals surface area contributed by atoms with Crippen LogP contribution in [-0.4, -0.2) is 16.9 Å². The Bertz CT molecular complexity index is 628. The van der Waals surface area contributed by atoms with E-state index in [1.54, 1.807) is 18.3 Å². The second-order valence-corrected chi connectivity index (χ2v) is 4.87. The van der Waals surface area contributed by atoms with E-state index in [4.69, 9.17) is 4.74 Å². The number of nitrogens with zero attached hydrogens (tertiary/aromatic N) is 2. The first-order valence-corrected chi connectivity index (χ1v) is 6.23. The van der Waals surface area contributed by atoms with Crippen molar-refractivity contribution >= 4 is 22.6 Å². The van der Waals surface area contributed by atoms with Crippen LogP contribution in [0.1, 0.15) is 5.56 Å². The third-order valence-corrected chi connectivity index (χ3v) is 3.01. The minimum absolute atomic E-state index is 0.103. The first-order valence-electron chi connectivity index (χ1n) is 5.15. The minimum atomic E-state index is -0.415. The third kappa shape index (κ3) is 2.87. The predicted octanol–water partition coefficient (Wildman–Crippen LogP) is 2.04. The summed E-state index contributed by atoms with van der Waals surface area (Å²) in [5.74, 6) is 0.0285. The molecule has 0 amide bonds. The van der Waals surface area contributed by atoms with Crippen LogP contribution < -0.4 is 10.3 Å². The van der Waals surface area contributed by atoms with E-state index in [0.717, 1.165) is 3.57 Å². The van der Waals surface area contributed by atoms with Gasteiger partial charge in [-0.05, 0) is 28.7 Å². The van der Waals surface area contributed by atoms with Crippen LogP contribution in [0.5, 0.6) is 5.75 Å². The Morgan fingerprint density at radius 3 is 2.83 bits per heavy atom. The van der Waals surface area contributed by atoms with Gasteiger partial charge in [-0.2, -0.15) is 5.10 Å². The van der Waals surface area contributed by atoms with Gasteiger partial charge in [0.25, 0.3) is 5.56 Å². The number of aromatic nitrogens is 2. The number of methoxy groups -OCH3 is 1. The Morgan fingerprint density at radius 2 is 2.22 bits per heavy atom. The summed E-state index contributed by atoms with van der Waals surface area (Å²) in [6.07, 6.45) is 1.56. The highest BCUT2D eigenvalue weighted by atomic mass is 127. The van der Waals surface area contributed by atoms with Crippen molar-refractivity contribution in [2.24, 2.45) is 0 Å². The van der Waals surface area contributed by atoms with E-state index in [1.165, 1.54) is 23.9 Å². The zero-order valence-electron chi connectivity index (χ0n) is 9.56. The number of ether oxygens (including phenoxy) is 1. The normalized spacial score (nSPS) is 10.4. The standard InChI is InChI=1S/C12H10FIN2O2/c1-18-10-3-2-8(11(13)5-10)7-16-12(17)4-9(14)6-15-16/h2-6H,7H2,1H3. The summed E-state index contributed by atoms with van der Waals surface area (Å²) in [7, 11) is 1.47. The molecule has 0 N–H and O–H groups in total. The molecule has 1 aromatic heterocycles. The highest BCUT2D eigenvalue weighted by Crippen LogP contribution is 2.16. The van der Waals surface area contributed by atoms with Crippen LogP contribution >= 0.6 is 22.6 Å². The molecule has 0 unspecified atom stereocenters. The first kappa shape index (κ1) is 13.0. The average Bonchev–Trinajstić information content (AvgIpc) is 2.34. The van der Waals surface area contributed by atoms with Crippen molar-refractivity contribution in [3.05, 3.63) is 55.8 Å². The summed E-state index contributed by atoms with van der Waals surface area (Å²) in [6, 6.07) is 5.97. The fraction of sp³-hybridized carbons (Fsp3) is 0.167. The first-order chi connectivity index (χ1) is 8.60. The molecule has 6 heteroatoms. The maximum absolute atomic E-state index is 13.7. The van der Waals surface area contributed by atoms with Gasteiger partial charge in [0.15, 0.2) is 0 Å². The van der Waals surface area contributed by atoms with E-state index >= 15 is 0 Å². The fourth-order valence-electron chi connectivity index (χ4n) is 1.47. The topological polar surface area (TPSA) is 44.1 Å². The molecule has 0 saturated heterocycles. The average molecular weight is 360 g/mol. The lowest BCUT2D eigenvalue weighted by molar-refractivity contribution is 0.410. The molecular weight excluding hydrogens is 350 g/mol. The van der Waals surface area contributed by atoms with E-state index in [0.29, 0.717) is 11.3 Å². The van der Waals surface area contributed by atoms with Gasteiger partial charge in [-0.3, -0.25) is 4.79 Å². The molecule has 94 valence electrons. The molecule has 0 saturated carbocycles. The van der Waals surface area contributed by atoms with E-state index < -0.39 is 5.82 Å². The van der Waals surface area contributed by atoms with Crippen LogP contribution in [0.2, 0.25) is 0 Å². The molecule has 0 atom stereocenters. The predicted molar refractivity (Wildman–Crippen MR) is 73.3 cm³/mol. The number of hydrogen-bond donors (Lipinski definition) is 0. The Hall–Kier alpha value is -1.44. The van der Waals surface area contributed by atoms with Crippen molar-refractivity contribution in [2.75, 3.05) is 7.11 Å². The Labute approximate surface area is 117 Å². The van der Waals surface area contributed by atoms with Crippen LogP contribution in [-0.2, 0) is 6.54 Å². The van der Waals surface area contributed by atoms with Crippen molar-refractivity contribution in [1.82, 2.24) is 9.78 Å². The molecule has 1 heterocycles. The van der Waals surface area contributed by atoms with Crippen molar-refractivity contribution in [1.29, 1.82) is 0 Å². The van der Waals surface area contributed by atoms with Gasteiger partial charge in [0.2, 0.25) is 0 Å². The van der Waals surface area contributed by atoms with Crippen LogP contribution in [0.25, 0.3) is 0 Å². The maximum Gasteiger partial charge on any atom is 0.268 e. The highest BCUT2D eigenvalue weighted by molar-refractivity contribution is 14.1. The maximum atomic E-state index is 13.7. The van der Waals surface area contributed by atoms with Crippen LogP contribution in [0.15, 0.2) is 35.3 Å². The zero-order chi connectivity index (χ0) is 13.1. The van der Waals surface area contributed by atoms with Crippen molar-refractivity contribution < 1.29 is 9.13 Å². The molecule has 0 fully saturated rings. The number of benzene rings is 1. The molecule has 0 bridgehead atoms. The molecule has 1 aromatic carbocycles. The summed E-state index contributed by atoms with van der Waals surface area (Å²) in [4.78, 5) is 11.6. The molecule has 0 aliphatic heterocycles. The van der Waals surface area contributed by atoms with Crippen LogP contribution in [0.3, 0.4) is 0 Å². The molecule has 0 spiro atoms. The van der Waals surface area contributed by atoms with E-state index in [9.17, 15) is 9.18 Å². The summed E-state index contributed by atoms with van der Waals surface area (Å²) < 4.78 is 20.6. The number of rotatable bonds is 3. The molecule has 0 radical (unpaired) electrons. The fourth-order valence-corrected chi connectivity index (χ4v) is 1.87. The van der Waals surface area contributed by atoms with Crippen LogP contribution in [0.4, 0.5) is 4.39 Å². The second kappa shape index (κ2) is 5.47. The van der Waals surface area contributed by atoms with E-state index in [2.05, 4.69) is 5.10 Å². The molecule has 2 aromatic rings. The Kier molecular flexibility index (Phi) is 3.95. The highest BCUT2D eigenvalue weighted by Gasteiger charge is 2.06. The van der Waals surface area contributed by atoms with Crippen LogP contribution in [0, 0.1) is 9.39 Å². The molecule has 0 aliphatic carbocycles. The minimum Gasteiger partial charge on any atom is -0.497 e. The molecule has 18 heavy (non-hydrogen) atoms. The van der Waals surface area contributed by atoms with Gasteiger partial charge >= 0.3 is 0 Å². The summed E-state index contributed by atoms with van der Waals surface area (Å²) >= 11 is 2.00. The second-order valence-electron chi connectivity index (χ2n) is 3.63. The van der Waals surface area contributed by atoms with E-state index in [-0.39, 0.29) is 12.1 Å². The smallest absolute Gasteiger partial charge is 0.268 e. The molecule has 0 aliphatic rings. The van der Waals surface area contributed by atoms with Gasteiger partial charge in [0.1, 0.15) is 11.6 Å². The SMILES string of the molecule is COc1ccc(Cn2ncc(I)cc2=O)c(F)c1. The van der Waals surface area contributed by atoms with Crippen molar-refractivity contribution in [2.45, 2.75) is 6.54 Å². The Morgan fingerprint density at radius 1 is 1.44 bits per heavy atom. The summed E-state index contributed by atoms with van der Waals surface area (Å²) in [5.41, 5.74) is 0.142. The van der Waals surface area contributed by atoms with Crippen molar-refractivity contribution in [3.8, 4) is 5.75 Å². The van der Waals surface area contributed by atoms with Gasteiger partial charge < -0.3 is 4.74 Å². The summed E-state index contributed by atoms with van der Waals surface area (Å²) in [6.45, 7) is 0.103. The van der Waals surface area contributed by atoms with Crippen molar-refractivity contribution in [3.63, 3.8) is 0 Å². The van der Waals surface area contributed by atoms with Gasteiger partial charge in [-0.15, -0.1) is 0 Å². The summed E-state index contributed by atoms with van der Waals surface area (Å²) in [5, 5.41) is 3.96. The largest absolute Gasteiger partial charge is 0.497 e. The lowest BCUT2D eigenvalue weighted by atomic mass is 10.2. The Balaban J connectivity index is 2.31. The number of halogens is 2. The van der Waals surface area contributed by atoms with Gasteiger partial charge in [-0.25, -0.2) is 9.07 Å². The molecule has 2 rings (SSSR count). The monoisotopic (exact) mass is 360 g/mol. The number of hydrogen-bond acceptors (Lipinski definition) is 3. The van der Waals surface area contributed by atoms with E-state index in [1.807, 2.05) is 22.6 Å². The lowest BCUT2D eigenvalue weighted by Gasteiger charge is -2.07. The van der Waals surface area contributed by atoms with Gasteiger partial charge in [0, 0.05) is 21.3 Å². The quantitative estimate of drug-likeness (QED) is 0.787. The van der Waals surface area contributed by atoms with Gasteiger partial charge in [0.05, 0.1) is 19.9 Å². The van der Waals surface area contributed by atoms with Gasteiger partial charge in [-0.1, -0.05) is 6.07 Å². The lowest BCUT2D eigenvalue weighted by Crippen LogP contribution is -2.23. The third-order valence-electron chi connectivity index (χ3n) is 2.42. The molecule has 4 nitrogen and oxygen atoms in total.